The minimum absolute atomic E-state index is 0.526. The average Bonchev–Trinajstić information content (AvgIpc) is 2.27. The van der Waals surface area contributed by atoms with Gasteiger partial charge in [0.25, 0.3) is 0 Å². The molecule has 0 rings (SSSR count). The third kappa shape index (κ3) is 4.96. The van der Waals surface area contributed by atoms with Crippen molar-refractivity contribution in [1.29, 1.82) is 0 Å². The van der Waals surface area contributed by atoms with Crippen molar-refractivity contribution < 1.29 is 40.2 Å². The number of aliphatic hydroxyl groups is 4. The zero-order chi connectivity index (χ0) is 14.3. The highest BCUT2D eigenvalue weighted by Gasteiger charge is 2.43. The lowest BCUT2D eigenvalue weighted by Gasteiger charge is -2.31. The third-order valence-corrected chi connectivity index (χ3v) is 2.62. The summed E-state index contributed by atoms with van der Waals surface area (Å²) in [4.78, 5) is 21.9. The Hall–Kier alpha value is -1.22. The van der Waals surface area contributed by atoms with Gasteiger partial charge in [-0.05, 0) is 12.8 Å². The number of carboxylic acids is 2. The molecule has 0 aliphatic carbocycles. The topological polar surface area (TPSA) is 156 Å². The first-order valence-corrected chi connectivity index (χ1v) is 5.30. The molecule has 0 aliphatic heterocycles. The van der Waals surface area contributed by atoms with Crippen LogP contribution >= 0.6 is 0 Å². The molecule has 0 amide bonds. The molecule has 0 aromatic rings. The van der Waals surface area contributed by atoms with E-state index in [1.807, 2.05) is 0 Å². The lowest BCUT2D eigenvalue weighted by atomic mass is 9.75. The van der Waals surface area contributed by atoms with E-state index < -0.39 is 62.0 Å². The molecule has 106 valence electrons. The molecule has 18 heavy (non-hydrogen) atoms. The molecule has 0 aliphatic rings. The summed E-state index contributed by atoms with van der Waals surface area (Å²) in [7, 11) is 0. The summed E-state index contributed by atoms with van der Waals surface area (Å²) < 4.78 is 0. The van der Waals surface area contributed by atoms with Crippen molar-refractivity contribution in [1.82, 2.24) is 0 Å². The molecule has 0 saturated heterocycles. The fourth-order valence-electron chi connectivity index (χ4n) is 1.80. The van der Waals surface area contributed by atoms with Gasteiger partial charge in [-0.2, -0.15) is 0 Å². The number of aliphatic hydroxyl groups excluding tert-OH is 4. The molecular weight excluding hydrogens is 248 g/mol. The fraction of sp³-hybridized carbons (Fsp3) is 0.800. The lowest BCUT2D eigenvalue weighted by molar-refractivity contribution is -0.161. The van der Waals surface area contributed by atoms with E-state index in [1.165, 1.54) is 0 Å². The summed E-state index contributed by atoms with van der Waals surface area (Å²) in [6, 6.07) is 0. The molecule has 0 aromatic heterocycles. The Morgan fingerprint density at radius 3 is 1.56 bits per heavy atom. The molecule has 0 radical (unpaired) electrons. The van der Waals surface area contributed by atoms with Crippen LogP contribution in [0.4, 0.5) is 0 Å². The number of hydrogen-bond donors (Lipinski definition) is 6. The zero-order valence-electron chi connectivity index (χ0n) is 9.69. The van der Waals surface area contributed by atoms with Gasteiger partial charge in [0, 0.05) is 0 Å². The summed E-state index contributed by atoms with van der Waals surface area (Å²) in [6.45, 7) is -1.44. The van der Waals surface area contributed by atoms with E-state index in [4.69, 9.17) is 20.4 Å². The second kappa shape index (κ2) is 7.27. The number of rotatable bonds is 9. The molecule has 8 nitrogen and oxygen atoms in total. The largest absolute Gasteiger partial charge is 0.481 e. The summed E-state index contributed by atoms with van der Waals surface area (Å²) in [5.74, 6) is -2.92. The van der Waals surface area contributed by atoms with Crippen LogP contribution in [0.2, 0.25) is 0 Å². The van der Waals surface area contributed by atoms with Crippen LogP contribution in [-0.2, 0) is 9.59 Å². The Morgan fingerprint density at radius 2 is 1.33 bits per heavy atom. The number of aliphatic carboxylic acids is 2. The zero-order valence-corrected chi connectivity index (χ0v) is 9.69. The van der Waals surface area contributed by atoms with Crippen molar-refractivity contribution in [3.63, 3.8) is 0 Å². The fourth-order valence-corrected chi connectivity index (χ4v) is 1.80. The van der Waals surface area contributed by atoms with E-state index >= 15 is 0 Å². The van der Waals surface area contributed by atoms with E-state index in [2.05, 4.69) is 0 Å². The molecule has 2 atom stereocenters. The van der Waals surface area contributed by atoms with Crippen LogP contribution in [0.1, 0.15) is 19.3 Å². The monoisotopic (exact) mass is 266 g/mol. The van der Waals surface area contributed by atoms with Crippen molar-refractivity contribution in [2.24, 2.45) is 5.41 Å². The molecule has 0 bridgehead atoms. The highest BCUT2D eigenvalue weighted by molar-refractivity contribution is 5.81. The van der Waals surface area contributed by atoms with Crippen LogP contribution in [0, 0.1) is 5.41 Å². The Balaban J connectivity index is 5.14. The highest BCUT2D eigenvalue weighted by atomic mass is 16.4. The van der Waals surface area contributed by atoms with Gasteiger partial charge in [-0.1, -0.05) is 0 Å². The standard InChI is InChI=1S/C10H18O8/c11-4-6(13)1-10(9(17)18,3-8(15)16)2-7(14)5-12/h6-7,11-14H,1-5H2,(H,15,16)(H,17,18). The first-order chi connectivity index (χ1) is 8.27. The highest BCUT2D eigenvalue weighted by Crippen LogP contribution is 2.34. The second-order valence-corrected chi connectivity index (χ2v) is 4.24. The van der Waals surface area contributed by atoms with Crippen molar-refractivity contribution in [3.05, 3.63) is 0 Å². The van der Waals surface area contributed by atoms with Gasteiger partial charge in [-0.3, -0.25) is 9.59 Å². The van der Waals surface area contributed by atoms with Crippen molar-refractivity contribution >= 4 is 11.9 Å². The van der Waals surface area contributed by atoms with Crippen LogP contribution in [0.5, 0.6) is 0 Å². The summed E-state index contributed by atoms with van der Waals surface area (Å²) >= 11 is 0. The molecule has 0 heterocycles. The third-order valence-electron chi connectivity index (χ3n) is 2.62. The number of hydrogen-bond acceptors (Lipinski definition) is 6. The lowest BCUT2D eigenvalue weighted by Crippen LogP contribution is -2.41. The second-order valence-electron chi connectivity index (χ2n) is 4.24. The molecule has 6 N–H and O–H groups in total. The van der Waals surface area contributed by atoms with E-state index in [9.17, 15) is 19.8 Å². The van der Waals surface area contributed by atoms with E-state index in [0.29, 0.717) is 0 Å². The maximum absolute atomic E-state index is 11.2. The van der Waals surface area contributed by atoms with Gasteiger partial charge in [0.15, 0.2) is 0 Å². The van der Waals surface area contributed by atoms with Crippen LogP contribution in [0.3, 0.4) is 0 Å². The Bertz CT molecular complexity index is 278. The molecular formula is C10H18O8. The van der Waals surface area contributed by atoms with Crippen LogP contribution in [0.25, 0.3) is 0 Å². The van der Waals surface area contributed by atoms with Gasteiger partial charge in [-0.15, -0.1) is 0 Å². The summed E-state index contributed by atoms with van der Waals surface area (Å²) in [6.07, 6.45) is -4.70. The first kappa shape index (κ1) is 16.8. The smallest absolute Gasteiger partial charge is 0.310 e. The van der Waals surface area contributed by atoms with Gasteiger partial charge < -0.3 is 30.6 Å². The maximum atomic E-state index is 11.2. The molecule has 0 fully saturated rings. The number of carboxylic acid groups (broad SMARTS) is 2. The van der Waals surface area contributed by atoms with E-state index in [1.54, 1.807) is 0 Å². The molecule has 8 heteroatoms. The maximum Gasteiger partial charge on any atom is 0.310 e. The van der Waals surface area contributed by atoms with Crippen molar-refractivity contribution in [2.75, 3.05) is 13.2 Å². The van der Waals surface area contributed by atoms with Gasteiger partial charge in [-0.25, -0.2) is 0 Å². The minimum Gasteiger partial charge on any atom is -0.481 e. The predicted octanol–water partition coefficient (Wildman–Crippen LogP) is -1.98. The Labute approximate surface area is 103 Å². The minimum atomic E-state index is -1.93. The number of carbonyl (C=O) groups is 2. The average molecular weight is 266 g/mol. The Kier molecular flexibility index (Phi) is 6.77. The van der Waals surface area contributed by atoms with Crippen LogP contribution < -0.4 is 0 Å². The van der Waals surface area contributed by atoms with Gasteiger partial charge in [0.1, 0.15) is 0 Å². The molecule has 0 spiro atoms. The molecule has 2 unspecified atom stereocenters. The van der Waals surface area contributed by atoms with Crippen LogP contribution in [0.15, 0.2) is 0 Å². The quantitative estimate of drug-likeness (QED) is 0.280. The molecule has 0 aromatic carbocycles. The summed E-state index contributed by atoms with van der Waals surface area (Å²) in [5, 5.41) is 53.8. The Morgan fingerprint density at radius 1 is 0.944 bits per heavy atom. The van der Waals surface area contributed by atoms with Crippen molar-refractivity contribution in [2.45, 2.75) is 31.5 Å². The summed E-state index contributed by atoms with van der Waals surface area (Å²) in [5.41, 5.74) is -1.93. The van der Waals surface area contributed by atoms with Gasteiger partial charge in [0.05, 0.1) is 37.3 Å². The van der Waals surface area contributed by atoms with Gasteiger partial charge >= 0.3 is 11.9 Å². The first-order valence-electron chi connectivity index (χ1n) is 5.30. The van der Waals surface area contributed by atoms with E-state index in [-0.39, 0.29) is 0 Å². The predicted molar refractivity (Wildman–Crippen MR) is 57.7 cm³/mol. The van der Waals surface area contributed by atoms with E-state index in [0.717, 1.165) is 0 Å². The normalized spacial score (nSPS) is 17.8. The SMILES string of the molecule is O=C(O)CC(CC(O)CO)(CC(O)CO)C(=O)O. The van der Waals surface area contributed by atoms with Crippen LogP contribution in [-0.4, -0.2) is 68.0 Å². The van der Waals surface area contributed by atoms with Crippen molar-refractivity contribution in [3.8, 4) is 0 Å². The van der Waals surface area contributed by atoms with Gasteiger partial charge in [0.2, 0.25) is 0 Å². The molecule has 0 saturated carbocycles.